The van der Waals surface area contributed by atoms with Crippen LogP contribution >= 0.6 is 11.6 Å². The molecule has 0 spiro atoms. The lowest BCUT2D eigenvalue weighted by Gasteiger charge is -2.17. The Balaban J connectivity index is 2.66. The van der Waals surface area contributed by atoms with Crippen LogP contribution in [0.2, 0.25) is 5.02 Å². The summed E-state index contributed by atoms with van der Waals surface area (Å²) in [4.78, 5) is 15.8. The molecule has 0 radical (unpaired) electrons. The molecule has 0 aromatic carbocycles. The molecule has 1 aromatic heterocycles. The highest BCUT2D eigenvalue weighted by atomic mass is 35.5. The second-order valence-electron chi connectivity index (χ2n) is 3.94. The van der Waals surface area contributed by atoms with Crippen molar-refractivity contribution in [1.82, 2.24) is 4.98 Å². The number of halogens is 1. The second-order valence-corrected chi connectivity index (χ2v) is 4.37. The van der Waals surface area contributed by atoms with Gasteiger partial charge in [0.15, 0.2) is 0 Å². The first-order valence-corrected chi connectivity index (χ1v) is 5.55. The molecule has 16 heavy (non-hydrogen) atoms. The third-order valence-electron chi connectivity index (χ3n) is 2.37. The number of rotatable bonds is 4. The number of nitrogens with one attached hydrogen (secondary N) is 1. The molecule has 1 unspecified atom stereocenters. The van der Waals surface area contributed by atoms with Crippen molar-refractivity contribution in [2.75, 3.05) is 11.9 Å². The molecule has 0 aliphatic rings. The summed E-state index contributed by atoms with van der Waals surface area (Å²) in [5.41, 5.74) is 5.55. The van der Waals surface area contributed by atoms with Gasteiger partial charge in [0.1, 0.15) is 5.82 Å². The van der Waals surface area contributed by atoms with Gasteiger partial charge in [0.25, 0.3) is 0 Å². The third kappa shape index (κ3) is 3.47. The molecule has 3 N–H and O–H groups in total. The predicted molar refractivity (Wildman–Crippen MR) is 65.3 cm³/mol. The summed E-state index contributed by atoms with van der Waals surface area (Å²) < 4.78 is 0. The number of amides is 1. The van der Waals surface area contributed by atoms with E-state index in [1.165, 1.54) is 6.20 Å². The van der Waals surface area contributed by atoms with Gasteiger partial charge in [-0.2, -0.15) is 0 Å². The average Bonchev–Trinajstić information content (AvgIpc) is 2.22. The fraction of sp³-hybridized carbons (Fsp3) is 0.455. The lowest BCUT2D eigenvalue weighted by atomic mass is 9.95. The van der Waals surface area contributed by atoms with E-state index in [-0.39, 0.29) is 17.7 Å². The van der Waals surface area contributed by atoms with Gasteiger partial charge in [0.05, 0.1) is 10.9 Å². The maximum Gasteiger partial charge on any atom is 0.230 e. The van der Waals surface area contributed by atoms with Crippen molar-refractivity contribution in [2.45, 2.75) is 13.8 Å². The molecule has 88 valence electrons. The molecule has 4 nitrogen and oxygen atoms in total. The highest BCUT2D eigenvalue weighted by molar-refractivity contribution is 6.30. The number of aromatic nitrogens is 1. The van der Waals surface area contributed by atoms with Crippen LogP contribution in [0.15, 0.2) is 18.3 Å². The maximum absolute atomic E-state index is 11.8. The Kier molecular flexibility index (Phi) is 4.71. The molecule has 1 aromatic rings. The molecule has 1 rings (SSSR count). The zero-order chi connectivity index (χ0) is 12.1. The molecule has 0 aliphatic heterocycles. The molecule has 1 heterocycles. The van der Waals surface area contributed by atoms with Crippen LogP contribution in [0, 0.1) is 11.8 Å². The van der Waals surface area contributed by atoms with Crippen LogP contribution in [-0.4, -0.2) is 17.4 Å². The number of nitrogens with zero attached hydrogens (tertiary/aromatic N) is 1. The number of hydrogen-bond donors (Lipinski definition) is 2. The predicted octanol–water partition coefficient (Wildman–Crippen LogP) is 1.90. The van der Waals surface area contributed by atoms with Crippen LogP contribution in [-0.2, 0) is 4.79 Å². The monoisotopic (exact) mass is 241 g/mol. The molecular weight excluding hydrogens is 226 g/mol. The molecule has 5 heteroatoms. The van der Waals surface area contributed by atoms with E-state index >= 15 is 0 Å². The number of pyridine rings is 1. The van der Waals surface area contributed by atoms with Crippen molar-refractivity contribution >= 4 is 23.3 Å². The fourth-order valence-electron chi connectivity index (χ4n) is 1.35. The summed E-state index contributed by atoms with van der Waals surface area (Å²) in [6.07, 6.45) is 1.49. The lowest BCUT2D eigenvalue weighted by Crippen LogP contribution is -2.33. The van der Waals surface area contributed by atoms with Crippen LogP contribution in [0.25, 0.3) is 0 Å². The van der Waals surface area contributed by atoms with Crippen molar-refractivity contribution in [1.29, 1.82) is 0 Å². The van der Waals surface area contributed by atoms with Gasteiger partial charge in [0, 0.05) is 12.7 Å². The minimum Gasteiger partial charge on any atom is -0.330 e. The molecule has 1 amide bonds. The van der Waals surface area contributed by atoms with Gasteiger partial charge in [-0.15, -0.1) is 0 Å². The zero-order valence-corrected chi connectivity index (χ0v) is 10.2. The normalized spacial score (nSPS) is 12.6. The quantitative estimate of drug-likeness (QED) is 0.846. The van der Waals surface area contributed by atoms with E-state index < -0.39 is 0 Å². The van der Waals surface area contributed by atoms with Crippen molar-refractivity contribution in [3.63, 3.8) is 0 Å². The summed E-state index contributed by atoms with van der Waals surface area (Å²) in [6, 6.07) is 3.34. The van der Waals surface area contributed by atoms with Gasteiger partial charge in [-0.3, -0.25) is 4.79 Å². The highest BCUT2D eigenvalue weighted by Crippen LogP contribution is 2.14. The number of carbonyl (C=O) groups excluding carboxylic acids is 1. The lowest BCUT2D eigenvalue weighted by molar-refractivity contribution is -0.120. The zero-order valence-electron chi connectivity index (χ0n) is 9.40. The minimum absolute atomic E-state index is 0.104. The first-order valence-electron chi connectivity index (χ1n) is 5.17. The Bertz CT molecular complexity index is 351. The van der Waals surface area contributed by atoms with Crippen molar-refractivity contribution in [3.05, 3.63) is 23.4 Å². The summed E-state index contributed by atoms with van der Waals surface area (Å²) in [6.45, 7) is 4.26. The van der Waals surface area contributed by atoms with Crippen molar-refractivity contribution in [2.24, 2.45) is 17.6 Å². The van der Waals surface area contributed by atoms with E-state index in [9.17, 15) is 4.79 Å². The molecular formula is C11H16ClN3O. The third-order valence-corrected chi connectivity index (χ3v) is 2.60. The standard InChI is InChI=1S/C11H16ClN3O/c1-7(2)9(5-13)11(16)15-10-4-3-8(12)6-14-10/h3-4,6-7,9H,5,13H2,1-2H3,(H,14,15,16). The van der Waals surface area contributed by atoms with E-state index in [2.05, 4.69) is 10.3 Å². The van der Waals surface area contributed by atoms with Crippen LogP contribution in [0.3, 0.4) is 0 Å². The largest absolute Gasteiger partial charge is 0.330 e. The highest BCUT2D eigenvalue weighted by Gasteiger charge is 2.20. The number of nitrogens with two attached hydrogens (primary N) is 1. The summed E-state index contributed by atoms with van der Waals surface area (Å²) in [5, 5.41) is 3.25. The summed E-state index contributed by atoms with van der Waals surface area (Å²) >= 11 is 5.69. The summed E-state index contributed by atoms with van der Waals surface area (Å²) in [7, 11) is 0. The first kappa shape index (κ1) is 12.9. The van der Waals surface area contributed by atoms with Gasteiger partial charge >= 0.3 is 0 Å². The van der Waals surface area contributed by atoms with Crippen LogP contribution in [0.1, 0.15) is 13.8 Å². The van der Waals surface area contributed by atoms with Gasteiger partial charge < -0.3 is 11.1 Å². The average molecular weight is 242 g/mol. The van der Waals surface area contributed by atoms with E-state index in [4.69, 9.17) is 17.3 Å². The Hall–Kier alpha value is -1.13. The smallest absolute Gasteiger partial charge is 0.230 e. The van der Waals surface area contributed by atoms with E-state index in [1.54, 1.807) is 12.1 Å². The molecule has 0 aliphatic carbocycles. The number of hydrogen-bond acceptors (Lipinski definition) is 3. The van der Waals surface area contributed by atoms with Gasteiger partial charge in [-0.05, 0) is 18.1 Å². The topological polar surface area (TPSA) is 68.0 Å². The minimum atomic E-state index is -0.197. The molecule has 0 bridgehead atoms. The first-order chi connectivity index (χ1) is 7.54. The van der Waals surface area contributed by atoms with Gasteiger partial charge in [0.2, 0.25) is 5.91 Å². The van der Waals surface area contributed by atoms with Crippen molar-refractivity contribution < 1.29 is 4.79 Å². The van der Waals surface area contributed by atoms with Crippen LogP contribution in [0.5, 0.6) is 0 Å². The number of anilines is 1. The Labute approximate surface area is 100 Å². The Morgan fingerprint density at radius 1 is 1.56 bits per heavy atom. The molecule has 0 fully saturated rings. The number of carbonyl (C=O) groups is 1. The maximum atomic E-state index is 11.8. The fourth-order valence-corrected chi connectivity index (χ4v) is 1.46. The van der Waals surface area contributed by atoms with Crippen LogP contribution < -0.4 is 11.1 Å². The van der Waals surface area contributed by atoms with Gasteiger partial charge in [-0.25, -0.2) is 4.98 Å². The Morgan fingerprint density at radius 2 is 2.25 bits per heavy atom. The molecule has 1 atom stereocenters. The van der Waals surface area contributed by atoms with E-state index in [0.29, 0.717) is 17.4 Å². The second kappa shape index (κ2) is 5.82. The van der Waals surface area contributed by atoms with Crippen LogP contribution in [0.4, 0.5) is 5.82 Å². The SMILES string of the molecule is CC(C)C(CN)C(=O)Nc1ccc(Cl)cn1. The molecule has 0 saturated heterocycles. The van der Waals surface area contributed by atoms with E-state index in [0.717, 1.165) is 0 Å². The molecule has 0 saturated carbocycles. The van der Waals surface area contributed by atoms with Crippen molar-refractivity contribution in [3.8, 4) is 0 Å². The van der Waals surface area contributed by atoms with Gasteiger partial charge in [-0.1, -0.05) is 25.4 Å². The summed E-state index contributed by atoms with van der Waals surface area (Å²) in [5.74, 6) is 0.399. The van der Waals surface area contributed by atoms with E-state index in [1.807, 2.05) is 13.8 Å². The Morgan fingerprint density at radius 3 is 2.69 bits per heavy atom.